The average Bonchev–Trinajstić information content (AvgIpc) is 2.49. The molecule has 1 nitrogen and oxygen atoms in total. The molecule has 0 amide bonds. The van der Waals surface area contributed by atoms with Crippen LogP contribution in [0.3, 0.4) is 0 Å². The van der Waals surface area contributed by atoms with E-state index in [4.69, 9.17) is 4.74 Å². The minimum absolute atomic E-state index is 0.103. The minimum Gasteiger partial charge on any atom is -0.367 e. The number of hydrogen-bond acceptors (Lipinski definition) is 1. The summed E-state index contributed by atoms with van der Waals surface area (Å²) in [4.78, 5) is 0. The van der Waals surface area contributed by atoms with Gasteiger partial charge >= 0.3 is 0 Å². The Morgan fingerprint density at radius 1 is 1.38 bits per heavy atom. The van der Waals surface area contributed by atoms with Gasteiger partial charge in [-0.05, 0) is 37.5 Å². The standard InChI is InChI=1S/C12H20O/c1-5-10-8-9-6-7-11(2,3)12(9,4)13-10/h5,9-10H,1,6-8H2,2-4H3. The van der Waals surface area contributed by atoms with E-state index in [9.17, 15) is 0 Å². The Morgan fingerprint density at radius 3 is 2.62 bits per heavy atom. The molecule has 2 aliphatic rings. The molecule has 13 heavy (non-hydrogen) atoms. The largest absolute Gasteiger partial charge is 0.367 e. The van der Waals surface area contributed by atoms with Crippen LogP contribution in [0.5, 0.6) is 0 Å². The third-order valence-electron chi connectivity index (χ3n) is 4.42. The van der Waals surface area contributed by atoms with E-state index in [0.29, 0.717) is 11.5 Å². The third-order valence-corrected chi connectivity index (χ3v) is 4.42. The van der Waals surface area contributed by atoms with Gasteiger partial charge in [0.25, 0.3) is 0 Å². The third kappa shape index (κ3) is 1.10. The van der Waals surface area contributed by atoms with Gasteiger partial charge in [-0.25, -0.2) is 0 Å². The highest BCUT2D eigenvalue weighted by molar-refractivity contribution is 5.09. The quantitative estimate of drug-likeness (QED) is 0.563. The Labute approximate surface area is 81.2 Å². The van der Waals surface area contributed by atoms with Gasteiger partial charge in [-0.15, -0.1) is 6.58 Å². The van der Waals surface area contributed by atoms with Gasteiger partial charge in [0.1, 0.15) is 0 Å². The normalized spacial score (nSPS) is 47.6. The number of rotatable bonds is 1. The maximum absolute atomic E-state index is 6.12. The summed E-state index contributed by atoms with van der Waals surface area (Å²) in [5, 5.41) is 0. The van der Waals surface area contributed by atoms with Crippen molar-refractivity contribution in [3.63, 3.8) is 0 Å². The summed E-state index contributed by atoms with van der Waals surface area (Å²) in [7, 11) is 0. The SMILES string of the molecule is C=CC1CC2CCC(C)(C)C2(C)O1. The second-order valence-electron chi connectivity index (χ2n) is 5.35. The van der Waals surface area contributed by atoms with E-state index in [2.05, 4.69) is 27.4 Å². The van der Waals surface area contributed by atoms with Crippen molar-refractivity contribution in [1.82, 2.24) is 0 Å². The molecule has 0 aromatic heterocycles. The number of hydrogen-bond donors (Lipinski definition) is 0. The van der Waals surface area contributed by atoms with Gasteiger partial charge in [0.15, 0.2) is 0 Å². The maximum Gasteiger partial charge on any atom is 0.0764 e. The molecule has 0 spiro atoms. The molecule has 0 aromatic rings. The summed E-state index contributed by atoms with van der Waals surface area (Å²) in [6, 6.07) is 0. The van der Waals surface area contributed by atoms with Gasteiger partial charge in [0.2, 0.25) is 0 Å². The van der Waals surface area contributed by atoms with E-state index in [0.717, 1.165) is 5.92 Å². The van der Waals surface area contributed by atoms with Gasteiger partial charge in [-0.1, -0.05) is 19.9 Å². The van der Waals surface area contributed by atoms with E-state index in [1.807, 2.05) is 6.08 Å². The highest BCUT2D eigenvalue weighted by Crippen LogP contribution is 2.57. The lowest BCUT2D eigenvalue weighted by Gasteiger charge is -2.37. The second kappa shape index (κ2) is 2.60. The van der Waals surface area contributed by atoms with Crippen molar-refractivity contribution < 1.29 is 4.74 Å². The summed E-state index contributed by atoms with van der Waals surface area (Å²) >= 11 is 0. The summed E-state index contributed by atoms with van der Waals surface area (Å²) in [5.74, 6) is 0.755. The molecule has 3 unspecified atom stereocenters. The van der Waals surface area contributed by atoms with Gasteiger partial charge < -0.3 is 4.74 Å². The van der Waals surface area contributed by atoms with E-state index in [1.54, 1.807) is 0 Å². The van der Waals surface area contributed by atoms with Crippen molar-refractivity contribution in [2.24, 2.45) is 11.3 Å². The van der Waals surface area contributed by atoms with Gasteiger partial charge in [-0.3, -0.25) is 0 Å². The molecule has 0 N–H and O–H groups in total. The molecule has 2 rings (SSSR count). The predicted octanol–water partition coefficient (Wildman–Crippen LogP) is 3.16. The lowest BCUT2D eigenvalue weighted by molar-refractivity contribution is -0.0857. The number of fused-ring (bicyclic) bond motifs is 1. The summed E-state index contributed by atoms with van der Waals surface area (Å²) < 4.78 is 6.12. The fourth-order valence-electron chi connectivity index (χ4n) is 3.00. The molecule has 1 aliphatic carbocycles. The lowest BCUT2D eigenvalue weighted by atomic mass is 9.76. The molecule has 3 atom stereocenters. The number of ether oxygens (including phenoxy) is 1. The van der Waals surface area contributed by atoms with Gasteiger partial charge in [0.05, 0.1) is 11.7 Å². The topological polar surface area (TPSA) is 9.23 Å². The Morgan fingerprint density at radius 2 is 2.08 bits per heavy atom. The van der Waals surface area contributed by atoms with Crippen LogP contribution >= 0.6 is 0 Å². The zero-order valence-corrected chi connectivity index (χ0v) is 8.97. The fourth-order valence-corrected chi connectivity index (χ4v) is 3.00. The van der Waals surface area contributed by atoms with Crippen LogP contribution in [0.4, 0.5) is 0 Å². The lowest BCUT2D eigenvalue weighted by Crippen LogP contribution is -2.41. The molecule has 0 bridgehead atoms. The Balaban J connectivity index is 2.26. The molecule has 2 fully saturated rings. The van der Waals surface area contributed by atoms with E-state index >= 15 is 0 Å². The first-order valence-electron chi connectivity index (χ1n) is 5.30. The molecule has 1 aliphatic heterocycles. The molecular formula is C12H20O. The van der Waals surface area contributed by atoms with E-state index in [-0.39, 0.29) is 5.60 Å². The van der Waals surface area contributed by atoms with Crippen molar-refractivity contribution in [1.29, 1.82) is 0 Å². The first-order valence-corrected chi connectivity index (χ1v) is 5.30. The molecule has 1 saturated carbocycles. The summed E-state index contributed by atoms with van der Waals surface area (Å²) in [5.41, 5.74) is 0.446. The van der Waals surface area contributed by atoms with Crippen molar-refractivity contribution in [3.8, 4) is 0 Å². The molecule has 1 saturated heterocycles. The minimum atomic E-state index is 0.103. The van der Waals surface area contributed by atoms with Crippen molar-refractivity contribution in [2.75, 3.05) is 0 Å². The molecule has 1 heterocycles. The van der Waals surface area contributed by atoms with Crippen LogP contribution in [-0.4, -0.2) is 11.7 Å². The highest BCUT2D eigenvalue weighted by Gasteiger charge is 2.57. The Hall–Kier alpha value is -0.300. The van der Waals surface area contributed by atoms with Crippen molar-refractivity contribution >= 4 is 0 Å². The van der Waals surface area contributed by atoms with Crippen LogP contribution in [-0.2, 0) is 4.74 Å². The Bertz CT molecular complexity index is 231. The average molecular weight is 180 g/mol. The van der Waals surface area contributed by atoms with Crippen LogP contribution in [0.15, 0.2) is 12.7 Å². The Kier molecular flexibility index (Phi) is 1.85. The molecular weight excluding hydrogens is 160 g/mol. The second-order valence-corrected chi connectivity index (χ2v) is 5.35. The van der Waals surface area contributed by atoms with E-state index < -0.39 is 0 Å². The molecule has 0 radical (unpaired) electrons. The first kappa shape index (κ1) is 9.26. The molecule has 0 aromatic carbocycles. The maximum atomic E-state index is 6.12. The predicted molar refractivity (Wildman–Crippen MR) is 54.6 cm³/mol. The molecule has 74 valence electrons. The highest BCUT2D eigenvalue weighted by atomic mass is 16.5. The zero-order chi connectivity index (χ0) is 9.69. The fraction of sp³-hybridized carbons (Fsp3) is 0.833. The van der Waals surface area contributed by atoms with Crippen LogP contribution in [0, 0.1) is 11.3 Å². The monoisotopic (exact) mass is 180 g/mol. The molecule has 1 heteroatoms. The van der Waals surface area contributed by atoms with Crippen LogP contribution in [0.25, 0.3) is 0 Å². The van der Waals surface area contributed by atoms with E-state index in [1.165, 1.54) is 19.3 Å². The van der Waals surface area contributed by atoms with Crippen LogP contribution in [0.2, 0.25) is 0 Å². The van der Waals surface area contributed by atoms with Crippen LogP contribution < -0.4 is 0 Å². The van der Waals surface area contributed by atoms with Gasteiger partial charge in [-0.2, -0.15) is 0 Å². The smallest absolute Gasteiger partial charge is 0.0764 e. The van der Waals surface area contributed by atoms with Gasteiger partial charge in [0, 0.05) is 0 Å². The summed E-state index contributed by atoms with van der Waals surface area (Å²) in [6.07, 6.45) is 6.07. The first-order chi connectivity index (χ1) is 5.99. The van der Waals surface area contributed by atoms with Crippen molar-refractivity contribution in [2.45, 2.75) is 51.7 Å². The van der Waals surface area contributed by atoms with Crippen molar-refractivity contribution in [3.05, 3.63) is 12.7 Å². The zero-order valence-electron chi connectivity index (χ0n) is 8.97. The summed E-state index contributed by atoms with van der Waals surface area (Å²) in [6.45, 7) is 10.8. The van der Waals surface area contributed by atoms with Crippen LogP contribution in [0.1, 0.15) is 40.0 Å².